The molecule has 0 aliphatic heterocycles. The summed E-state index contributed by atoms with van der Waals surface area (Å²) in [6, 6.07) is 8.99. The van der Waals surface area contributed by atoms with Gasteiger partial charge in [0.2, 0.25) is 0 Å². The summed E-state index contributed by atoms with van der Waals surface area (Å²) in [5, 5.41) is 11.6. The minimum absolute atomic E-state index is 0.0970. The number of benzene rings is 1. The summed E-state index contributed by atoms with van der Waals surface area (Å²) in [5.41, 5.74) is 0.852. The molecule has 0 spiro atoms. The van der Waals surface area contributed by atoms with Crippen LogP contribution >= 0.6 is 11.3 Å². The van der Waals surface area contributed by atoms with Crippen molar-refractivity contribution in [3.05, 3.63) is 52.0 Å². The average molecular weight is 293 g/mol. The third-order valence-electron chi connectivity index (χ3n) is 2.84. The summed E-state index contributed by atoms with van der Waals surface area (Å²) in [6.07, 6.45) is 0.0857. The molecule has 1 unspecified atom stereocenters. The van der Waals surface area contributed by atoms with Gasteiger partial charge in [-0.25, -0.2) is 4.39 Å². The molecule has 0 fully saturated rings. The summed E-state index contributed by atoms with van der Waals surface area (Å²) in [6.45, 7) is 0. The molecule has 4 nitrogen and oxygen atoms in total. The summed E-state index contributed by atoms with van der Waals surface area (Å²) >= 11 is 1.37. The molecule has 104 valence electrons. The van der Waals surface area contributed by atoms with Crippen molar-refractivity contribution in [3.63, 3.8) is 0 Å². The Morgan fingerprint density at radius 1 is 1.25 bits per heavy atom. The number of nitrogens with zero attached hydrogens (tertiary/aromatic N) is 1. The van der Waals surface area contributed by atoms with Crippen LogP contribution in [0, 0.1) is 10.7 Å². The number of carbonyl (C=O) groups is 1. The van der Waals surface area contributed by atoms with Gasteiger partial charge in [-0.2, -0.15) is 4.91 Å². The lowest BCUT2D eigenvalue weighted by Gasteiger charge is -2.04. The molecule has 1 N–H and O–H groups in total. The first-order valence-electron chi connectivity index (χ1n) is 6.00. The predicted octanol–water partition coefficient (Wildman–Crippen LogP) is 4.23. The molecule has 0 bridgehead atoms. The molecule has 0 saturated carbocycles. The zero-order valence-corrected chi connectivity index (χ0v) is 11.3. The van der Waals surface area contributed by atoms with Crippen molar-refractivity contribution in [1.82, 2.24) is 0 Å². The highest BCUT2D eigenvalue weighted by molar-refractivity contribution is 7.15. The fraction of sp³-hybridized carbons (Fsp3) is 0.214. The normalized spacial score (nSPS) is 12.1. The van der Waals surface area contributed by atoms with Gasteiger partial charge in [0.05, 0.1) is 0 Å². The maximum atomic E-state index is 12.9. The van der Waals surface area contributed by atoms with Crippen molar-refractivity contribution in [2.24, 2.45) is 5.18 Å². The van der Waals surface area contributed by atoms with Crippen LogP contribution in [0.25, 0.3) is 10.4 Å². The van der Waals surface area contributed by atoms with E-state index in [2.05, 4.69) is 5.18 Å². The van der Waals surface area contributed by atoms with Gasteiger partial charge in [-0.15, -0.1) is 11.3 Å². The number of carboxylic acid groups (broad SMARTS) is 1. The van der Waals surface area contributed by atoms with Crippen molar-refractivity contribution in [2.75, 3.05) is 0 Å². The zero-order valence-electron chi connectivity index (χ0n) is 10.5. The highest BCUT2D eigenvalue weighted by Gasteiger charge is 2.16. The highest BCUT2D eigenvalue weighted by Crippen LogP contribution is 2.34. The third kappa shape index (κ3) is 3.48. The standard InChI is InChI=1S/C14H12FNO3S/c15-10-3-1-9(2-4-10)12-6-7-13(20-12)11(16-19)5-8-14(17)18/h1-4,6-7,11H,5,8H2,(H,17,18). The monoisotopic (exact) mass is 293 g/mol. The topological polar surface area (TPSA) is 66.7 Å². The Hall–Kier alpha value is -2.08. The fourth-order valence-corrected chi connectivity index (χ4v) is 2.89. The van der Waals surface area contributed by atoms with Crippen LogP contribution in [0.4, 0.5) is 4.39 Å². The summed E-state index contributed by atoms with van der Waals surface area (Å²) in [5.74, 6) is -1.26. The number of aliphatic carboxylic acids is 1. The highest BCUT2D eigenvalue weighted by atomic mass is 32.1. The van der Waals surface area contributed by atoms with Crippen LogP contribution in [-0.2, 0) is 4.79 Å². The van der Waals surface area contributed by atoms with E-state index in [0.29, 0.717) is 0 Å². The summed E-state index contributed by atoms with van der Waals surface area (Å²) in [4.78, 5) is 23.0. The van der Waals surface area contributed by atoms with E-state index in [1.165, 1.54) is 23.5 Å². The Kier molecular flexibility index (Phi) is 4.57. The second kappa shape index (κ2) is 6.38. The minimum Gasteiger partial charge on any atom is -0.481 e. The molecule has 0 amide bonds. The zero-order chi connectivity index (χ0) is 14.5. The molecule has 0 radical (unpaired) electrons. The Morgan fingerprint density at radius 3 is 2.55 bits per heavy atom. The quantitative estimate of drug-likeness (QED) is 0.810. The smallest absolute Gasteiger partial charge is 0.303 e. The van der Waals surface area contributed by atoms with E-state index < -0.39 is 12.0 Å². The Labute approximate surface area is 118 Å². The van der Waals surface area contributed by atoms with Gasteiger partial charge in [-0.05, 0) is 36.2 Å². The van der Waals surface area contributed by atoms with Crippen LogP contribution in [0.1, 0.15) is 23.8 Å². The molecule has 2 rings (SSSR count). The van der Waals surface area contributed by atoms with Crippen molar-refractivity contribution in [3.8, 4) is 10.4 Å². The van der Waals surface area contributed by atoms with Gasteiger partial charge in [-0.3, -0.25) is 4.79 Å². The predicted molar refractivity (Wildman–Crippen MR) is 75.1 cm³/mol. The first kappa shape index (κ1) is 14.3. The molecule has 0 saturated heterocycles. The van der Waals surface area contributed by atoms with Crippen molar-refractivity contribution in [2.45, 2.75) is 18.9 Å². The second-order valence-electron chi connectivity index (χ2n) is 4.26. The van der Waals surface area contributed by atoms with E-state index in [1.54, 1.807) is 18.2 Å². The number of rotatable bonds is 6. The summed E-state index contributed by atoms with van der Waals surface area (Å²) in [7, 11) is 0. The Morgan fingerprint density at radius 2 is 1.95 bits per heavy atom. The molecular weight excluding hydrogens is 281 g/mol. The first-order chi connectivity index (χ1) is 9.60. The molecule has 0 aliphatic carbocycles. The third-order valence-corrected chi connectivity index (χ3v) is 4.08. The molecule has 1 atom stereocenters. The van der Waals surface area contributed by atoms with Crippen LogP contribution in [0.5, 0.6) is 0 Å². The molecule has 20 heavy (non-hydrogen) atoms. The van der Waals surface area contributed by atoms with E-state index in [4.69, 9.17) is 5.11 Å². The van der Waals surface area contributed by atoms with E-state index in [1.807, 2.05) is 6.07 Å². The van der Waals surface area contributed by atoms with Gasteiger partial charge in [0.1, 0.15) is 11.9 Å². The van der Waals surface area contributed by atoms with E-state index in [-0.39, 0.29) is 18.7 Å². The van der Waals surface area contributed by atoms with Crippen LogP contribution in [0.15, 0.2) is 41.6 Å². The lowest BCUT2D eigenvalue weighted by molar-refractivity contribution is -0.137. The maximum Gasteiger partial charge on any atom is 0.303 e. The molecule has 2 aromatic rings. The van der Waals surface area contributed by atoms with Gasteiger partial charge >= 0.3 is 5.97 Å². The Balaban J connectivity index is 2.16. The number of thiophene rings is 1. The van der Waals surface area contributed by atoms with E-state index in [9.17, 15) is 14.1 Å². The van der Waals surface area contributed by atoms with Gasteiger partial charge in [0, 0.05) is 16.2 Å². The Bertz CT molecular complexity index is 609. The number of halogens is 1. The fourth-order valence-electron chi connectivity index (χ4n) is 1.81. The van der Waals surface area contributed by atoms with Crippen LogP contribution in [-0.4, -0.2) is 11.1 Å². The first-order valence-corrected chi connectivity index (χ1v) is 6.81. The van der Waals surface area contributed by atoms with Gasteiger partial charge < -0.3 is 5.11 Å². The second-order valence-corrected chi connectivity index (χ2v) is 5.38. The largest absolute Gasteiger partial charge is 0.481 e. The number of carboxylic acids is 1. The molecule has 1 aromatic carbocycles. The molecule has 0 aliphatic rings. The average Bonchev–Trinajstić information content (AvgIpc) is 2.89. The molecule has 1 heterocycles. The van der Waals surface area contributed by atoms with E-state index >= 15 is 0 Å². The number of hydrogen-bond donors (Lipinski definition) is 1. The van der Waals surface area contributed by atoms with Crippen molar-refractivity contribution in [1.29, 1.82) is 0 Å². The molecule has 6 heteroatoms. The lowest BCUT2D eigenvalue weighted by Crippen LogP contribution is -1.99. The summed E-state index contributed by atoms with van der Waals surface area (Å²) < 4.78 is 12.9. The number of nitroso groups, excluding NO2 is 1. The lowest BCUT2D eigenvalue weighted by atomic mass is 10.1. The SMILES string of the molecule is O=NC(CCC(=O)O)c1ccc(-c2ccc(F)cc2)s1. The molecule has 1 aromatic heterocycles. The van der Waals surface area contributed by atoms with Gasteiger partial charge in [0.25, 0.3) is 0 Å². The maximum absolute atomic E-state index is 12.9. The number of hydrogen-bond acceptors (Lipinski definition) is 4. The van der Waals surface area contributed by atoms with Crippen molar-refractivity contribution < 1.29 is 14.3 Å². The van der Waals surface area contributed by atoms with Gasteiger partial charge in [0.15, 0.2) is 0 Å². The van der Waals surface area contributed by atoms with Crippen molar-refractivity contribution >= 4 is 17.3 Å². The van der Waals surface area contributed by atoms with Gasteiger partial charge in [-0.1, -0.05) is 17.3 Å². The van der Waals surface area contributed by atoms with Crippen LogP contribution in [0.3, 0.4) is 0 Å². The minimum atomic E-state index is -0.950. The van der Waals surface area contributed by atoms with Crippen LogP contribution in [0.2, 0.25) is 0 Å². The van der Waals surface area contributed by atoms with Crippen LogP contribution < -0.4 is 0 Å². The van der Waals surface area contributed by atoms with E-state index in [0.717, 1.165) is 15.3 Å². The molecular formula is C14H12FNO3S.